The van der Waals surface area contributed by atoms with E-state index in [4.69, 9.17) is 16.3 Å². The van der Waals surface area contributed by atoms with Gasteiger partial charge in [0, 0.05) is 6.04 Å². The minimum Gasteiger partial charge on any atom is -0.492 e. The second-order valence-corrected chi connectivity index (χ2v) is 3.21. The van der Waals surface area contributed by atoms with Gasteiger partial charge in [0.05, 0.1) is 13.3 Å². The molecule has 0 spiro atoms. The number of hydrogen-bond acceptors (Lipinski definition) is 4. The molecule has 5 heteroatoms. The van der Waals surface area contributed by atoms with Gasteiger partial charge in [0.25, 0.3) is 0 Å². The second kappa shape index (κ2) is 4.28. The largest absolute Gasteiger partial charge is 0.492 e. The molecule has 0 atom stereocenters. The number of anilines is 1. The van der Waals surface area contributed by atoms with Crippen LogP contribution in [-0.4, -0.2) is 23.1 Å². The van der Waals surface area contributed by atoms with Gasteiger partial charge < -0.3 is 10.1 Å². The molecule has 1 aromatic rings. The van der Waals surface area contributed by atoms with E-state index in [-0.39, 0.29) is 6.04 Å². The van der Waals surface area contributed by atoms with Crippen LogP contribution in [-0.2, 0) is 0 Å². The summed E-state index contributed by atoms with van der Waals surface area (Å²) in [5, 5.41) is 3.35. The van der Waals surface area contributed by atoms with E-state index in [0.717, 1.165) is 0 Å². The van der Waals surface area contributed by atoms with Crippen LogP contribution < -0.4 is 10.1 Å². The van der Waals surface area contributed by atoms with Crippen LogP contribution in [0.15, 0.2) is 6.20 Å². The third kappa shape index (κ3) is 2.73. The Kier molecular flexibility index (Phi) is 3.31. The highest BCUT2D eigenvalue weighted by Gasteiger charge is 2.04. The third-order valence-corrected chi connectivity index (χ3v) is 1.62. The van der Waals surface area contributed by atoms with Gasteiger partial charge in [-0.3, -0.25) is 0 Å². The maximum Gasteiger partial charge on any atom is 0.224 e. The average molecular weight is 202 g/mol. The maximum atomic E-state index is 5.80. The molecular formula is C8H12ClN3O. The summed E-state index contributed by atoms with van der Waals surface area (Å²) in [4.78, 5) is 8.02. The van der Waals surface area contributed by atoms with Gasteiger partial charge in [-0.05, 0) is 13.8 Å². The molecule has 1 N–H and O–H groups in total. The van der Waals surface area contributed by atoms with Crippen LogP contribution in [0.2, 0.25) is 5.15 Å². The summed E-state index contributed by atoms with van der Waals surface area (Å²) in [5.41, 5.74) is 0. The summed E-state index contributed by atoms with van der Waals surface area (Å²) >= 11 is 5.80. The number of ether oxygens (including phenoxy) is 1. The highest BCUT2D eigenvalue weighted by molar-refractivity contribution is 6.30. The minimum atomic E-state index is 0.282. The van der Waals surface area contributed by atoms with Gasteiger partial charge in [0.2, 0.25) is 5.95 Å². The Morgan fingerprint density at radius 2 is 2.23 bits per heavy atom. The molecule has 0 aliphatic rings. The van der Waals surface area contributed by atoms with E-state index in [1.807, 2.05) is 13.8 Å². The highest BCUT2D eigenvalue weighted by atomic mass is 35.5. The first-order valence-electron chi connectivity index (χ1n) is 3.96. The highest BCUT2D eigenvalue weighted by Crippen LogP contribution is 2.21. The molecule has 0 fully saturated rings. The first kappa shape index (κ1) is 10.1. The monoisotopic (exact) mass is 201 g/mol. The number of halogens is 1. The van der Waals surface area contributed by atoms with Crippen molar-refractivity contribution in [2.24, 2.45) is 0 Å². The van der Waals surface area contributed by atoms with Gasteiger partial charge >= 0.3 is 0 Å². The molecule has 13 heavy (non-hydrogen) atoms. The molecule has 1 rings (SSSR count). The van der Waals surface area contributed by atoms with Crippen molar-refractivity contribution in [2.75, 3.05) is 12.4 Å². The average Bonchev–Trinajstić information content (AvgIpc) is 2.03. The Morgan fingerprint density at radius 3 is 2.69 bits per heavy atom. The molecule has 0 bridgehead atoms. The molecular weight excluding hydrogens is 190 g/mol. The van der Waals surface area contributed by atoms with Crippen LogP contribution in [0.4, 0.5) is 5.95 Å². The molecule has 0 radical (unpaired) electrons. The number of nitrogens with zero attached hydrogens (tertiary/aromatic N) is 2. The Morgan fingerprint density at radius 1 is 1.54 bits per heavy atom. The fourth-order valence-corrected chi connectivity index (χ4v) is 1.02. The van der Waals surface area contributed by atoms with Crippen molar-refractivity contribution in [3.63, 3.8) is 0 Å². The van der Waals surface area contributed by atoms with Gasteiger partial charge in [0.15, 0.2) is 10.9 Å². The van der Waals surface area contributed by atoms with E-state index in [2.05, 4.69) is 15.3 Å². The van der Waals surface area contributed by atoms with Gasteiger partial charge in [-0.2, -0.15) is 4.98 Å². The van der Waals surface area contributed by atoms with E-state index in [1.54, 1.807) is 6.20 Å². The maximum absolute atomic E-state index is 5.80. The second-order valence-electron chi connectivity index (χ2n) is 2.85. The summed E-state index contributed by atoms with van der Waals surface area (Å²) in [5.74, 6) is 0.997. The third-order valence-electron chi connectivity index (χ3n) is 1.35. The molecule has 1 heterocycles. The topological polar surface area (TPSA) is 47.0 Å². The number of aromatic nitrogens is 2. The zero-order valence-corrected chi connectivity index (χ0v) is 8.59. The zero-order chi connectivity index (χ0) is 9.84. The van der Waals surface area contributed by atoms with Crippen molar-refractivity contribution in [2.45, 2.75) is 19.9 Å². The van der Waals surface area contributed by atoms with E-state index >= 15 is 0 Å². The predicted octanol–water partition coefficient (Wildman–Crippen LogP) is 1.96. The normalized spacial score (nSPS) is 10.2. The summed E-state index contributed by atoms with van der Waals surface area (Å²) in [7, 11) is 1.53. The van der Waals surface area contributed by atoms with Gasteiger partial charge in [0.1, 0.15) is 0 Å². The molecule has 4 nitrogen and oxygen atoms in total. The van der Waals surface area contributed by atoms with E-state index in [1.165, 1.54) is 7.11 Å². The van der Waals surface area contributed by atoms with Gasteiger partial charge in [-0.1, -0.05) is 11.6 Å². The molecule has 0 amide bonds. The standard InChI is InChI=1S/C8H12ClN3O/c1-5(2)11-8-10-4-6(13-3)7(9)12-8/h4-5H,1-3H3,(H,10,11,12). The van der Waals surface area contributed by atoms with Crippen molar-refractivity contribution in [3.8, 4) is 5.75 Å². The van der Waals surface area contributed by atoms with Crippen LogP contribution in [0.3, 0.4) is 0 Å². The SMILES string of the molecule is COc1cnc(NC(C)C)nc1Cl. The molecule has 72 valence electrons. The van der Waals surface area contributed by atoms with Crippen molar-refractivity contribution in [3.05, 3.63) is 11.3 Å². The van der Waals surface area contributed by atoms with Gasteiger partial charge in [-0.25, -0.2) is 4.98 Å². The van der Waals surface area contributed by atoms with Crippen LogP contribution in [0.5, 0.6) is 5.75 Å². The summed E-state index contributed by atoms with van der Waals surface area (Å²) < 4.78 is 4.92. The Labute approximate surface area is 82.3 Å². The zero-order valence-electron chi connectivity index (χ0n) is 7.84. The fraction of sp³-hybridized carbons (Fsp3) is 0.500. The van der Waals surface area contributed by atoms with E-state index in [0.29, 0.717) is 16.9 Å². The first-order chi connectivity index (χ1) is 6.13. The Balaban J connectivity index is 2.83. The van der Waals surface area contributed by atoms with Crippen LogP contribution >= 0.6 is 11.6 Å². The minimum absolute atomic E-state index is 0.282. The quantitative estimate of drug-likeness (QED) is 0.760. The Bertz CT molecular complexity index is 291. The van der Waals surface area contributed by atoms with Crippen molar-refractivity contribution in [1.29, 1.82) is 0 Å². The Hall–Kier alpha value is -1.03. The van der Waals surface area contributed by atoms with Crippen LogP contribution in [0.1, 0.15) is 13.8 Å². The number of methoxy groups -OCH3 is 1. The van der Waals surface area contributed by atoms with Crippen molar-refractivity contribution < 1.29 is 4.74 Å². The molecule has 0 saturated carbocycles. The molecule has 0 aliphatic heterocycles. The number of nitrogens with one attached hydrogen (secondary N) is 1. The lowest BCUT2D eigenvalue weighted by Gasteiger charge is -2.08. The van der Waals surface area contributed by atoms with Gasteiger partial charge in [-0.15, -0.1) is 0 Å². The summed E-state index contributed by atoms with van der Waals surface area (Å²) in [6, 6.07) is 0.282. The molecule has 0 aromatic carbocycles. The lowest BCUT2D eigenvalue weighted by Crippen LogP contribution is -2.12. The summed E-state index contributed by atoms with van der Waals surface area (Å²) in [6.45, 7) is 4.00. The molecule has 0 aliphatic carbocycles. The number of rotatable bonds is 3. The van der Waals surface area contributed by atoms with E-state index in [9.17, 15) is 0 Å². The smallest absolute Gasteiger partial charge is 0.224 e. The van der Waals surface area contributed by atoms with Crippen molar-refractivity contribution in [1.82, 2.24) is 9.97 Å². The first-order valence-corrected chi connectivity index (χ1v) is 4.34. The predicted molar refractivity (Wildman–Crippen MR) is 52.4 cm³/mol. The summed E-state index contributed by atoms with van der Waals surface area (Å²) in [6.07, 6.45) is 1.54. The molecule has 1 aromatic heterocycles. The van der Waals surface area contributed by atoms with Crippen LogP contribution in [0, 0.1) is 0 Å². The van der Waals surface area contributed by atoms with Crippen LogP contribution in [0.25, 0.3) is 0 Å². The number of hydrogen-bond donors (Lipinski definition) is 1. The molecule has 0 saturated heterocycles. The fourth-order valence-electron chi connectivity index (χ4n) is 0.815. The van der Waals surface area contributed by atoms with Crippen molar-refractivity contribution >= 4 is 17.5 Å². The molecule has 0 unspecified atom stereocenters. The van der Waals surface area contributed by atoms with E-state index < -0.39 is 0 Å². The lowest BCUT2D eigenvalue weighted by atomic mass is 10.4. The lowest BCUT2D eigenvalue weighted by molar-refractivity contribution is 0.411.